The first-order chi connectivity index (χ1) is 6.54. The molecule has 1 aromatic carbocycles. The van der Waals surface area contributed by atoms with Crippen LogP contribution in [-0.4, -0.2) is 22.2 Å². The van der Waals surface area contributed by atoms with Gasteiger partial charge in [0.05, 0.1) is 11.5 Å². The highest BCUT2D eigenvalue weighted by molar-refractivity contribution is 5.91. The molecule has 0 aromatic heterocycles. The lowest BCUT2D eigenvalue weighted by Gasteiger charge is -2.09. The van der Waals surface area contributed by atoms with Crippen LogP contribution in [0.3, 0.4) is 0 Å². The molecule has 0 aliphatic heterocycles. The summed E-state index contributed by atoms with van der Waals surface area (Å²) in [6.45, 7) is 1.46. The summed E-state index contributed by atoms with van der Waals surface area (Å²) in [4.78, 5) is 21.4. The van der Waals surface area contributed by atoms with Gasteiger partial charge in [-0.25, -0.2) is 4.79 Å². The van der Waals surface area contributed by atoms with Gasteiger partial charge in [0, 0.05) is 0 Å². The van der Waals surface area contributed by atoms with Gasteiger partial charge in [0.2, 0.25) is 0 Å². The van der Waals surface area contributed by atoms with E-state index in [0.29, 0.717) is 5.56 Å². The molecule has 4 nitrogen and oxygen atoms in total. The SMILES string of the molecule is C[C@@H](C(=O)O)c1ccccc1C(=O)O. The number of benzene rings is 1. The highest BCUT2D eigenvalue weighted by atomic mass is 16.4. The van der Waals surface area contributed by atoms with Crippen molar-refractivity contribution in [3.8, 4) is 0 Å². The van der Waals surface area contributed by atoms with Gasteiger partial charge in [-0.3, -0.25) is 4.79 Å². The van der Waals surface area contributed by atoms with E-state index in [-0.39, 0.29) is 5.56 Å². The van der Waals surface area contributed by atoms with Gasteiger partial charge >= 0.3 is 11.9 Å². The van der Waals surface area contributed by atoms with E-state index in [2.05, 4.69) is 0 Å². The third-order valence-corrected chi connectivity index (χ3v) is 2.03. The van der Waals surface area contributed by atoms with Crippen molar-refractivity contribution < 1.29 is 19.8 Å². The van der Waals surface area contributed by atoms with Gasteiger partial charge in [-0.05, 0) is 18.6 Å². The monoisotopic (exact) mass is 194 g/mol. The van der Waals surface area contributed by atoms with Crippen molar-refractivity contribution in [1.82, 2.24) is 0 Å². The van der Waals surface area contributed by atoms with E-state index in [1.165, 1.54) is 19.1 Å². The quantitative estimate of drug-likeness (QED) is 0.765. The molecule has 0 unspecified atom stereocenters. The normalized spacial score (nSPS) is 12.1. The number of rotatable bonds is 3. The van der Waals surface area contributed by atoms with Crippen LogP contribution in [0.15, 0.2) is 24.3 Å². The van der Waals surface area contributed by atoms with E-state index in [1.54, 1.807) is 12.1 Å². The van der Waals surface area contributed by atoms with Crippen molar-refractivity contribution in [2.75, 3.05) is 0 Å². The minimum atomic E-state index is -1.10. The summed E-state index contributed by atoms with van der Waals surface area (Å²) >= 11 is 0. The van der Waals surface area contributed by atoms with Gasteiger partial charge < -0.3 is 10.2 Å². The summed E-state index contributed by atoms with van der Waals surface area (Å²) in [5.74, 6) is -2.94. The molecule has 1 aromatic rings. The molecule has 74 valence electrons. The minimum absolute atomic E-state index is 0.0439. The summed E-state index contributed by atoms with van der Waals surface area (Å²) in [6.07, 6.45) is 0. The summed E-state index contributed by atoms with van der Waals surface area (Å²) in [5, 5.41) is 17.6. The third-order valence-electron chi connectivity index (χ3n) is 2.03. The first-order valence-electron chi connectivity index (χ1n) is 4.09. The lowest BCUT2D eigenvalue weighted by Crippen LogP contribution is -2.12. The lowest BCUT2D eigenvalue weighted by atomic mass is 9.96. The Morgan fingerprint density at radius 3 is 2.29 bits per heavy atom. The van der Waals surface area contributed by atoms with Crippen LogP contribution in [-0.2, 0) is 4.79 Å². The van der Waals surface area contributed by atoms with E-state index < -0.39 is 17.9 Å². The van der Waals surface area contributed by atoms with E-state index in [4.69, 9.17) is 10.2 Å². The molecule has 4 heteroatoms. The summed E-state index contributed by atoms with van der Waals surface area (Å²) in [7, 11) is 0. The second-order valence-electron chi connectivity index (χ2n) is 2.95. The molecule has 0 radical (unpaired) electrons. The average Bonchev–Trinajstić information content (AvgIpc) is 2.16. The van der Waals surface area contributed by atoms with Crippen LogP contribution >= 0.6 is 0 Å². The fourth-order valence-corrected chi connectivity index (χ4v) is 1.20. The van der Waals surface area contributed by atoms with Crippen LogP contribution in [0.5, 0.6) is 0 Å². The smallest absolute Gasteiger partial charge is 0.335 e. The van der Waals surface area contributed by atoms with E-state index in [0.717, 1.165) is 0 Å². The maximum absolute atomic E-state index is 10.8. The van der Waals surface area contributed by atoms with Crippen molar-refractivity contribution >= 4 is 11.9 Å². The Kier molecular flexibility index (Phi) is 2.86. The van der Waals surface area contributed by atoms with Crippen molar-refractivity contribution in [2.24, 2.45) is 0 Å². The van der Waals surface area contributed by atoms with E-state index >= 15 is 0 Å². The molecule has 0 aliphatic carbocycles. The molecule has 0 saturated carbocycles. The highest BCUT2D eigenvalue weighted by Gasteiger charge is 2.19. The second kappa shape index (κ2) is 3.91. The van der Waals surface area contributed by atoms with Gasteiger partial charge in [0.25, 0.3) is 0 Å². The zero-order valence-corrected chi connectivity index (χ0v) is 7.60. The predicted octanol–water partition coefficient (Wildman–Crippen LogP) is 1.57. The minimum Gasteiger partial charge on any atom is -0.481 e. The molecule has 0 amide bonds. The summed E-state index contributed by atoms with van der Waals surface area (Å²) < 4.78 is 0. The molecule has 0 saturated heterocycles. The molecular formula is C10H10O4. The summed E-state index contributed by atoms with van der Waals surface area (Å²) in [5.41, 5.74) is 0.370. The van der Waals surface area contributed by atoms with Crippen LogP contribution in [0, 0.1) is 0 Å². The molecular weight excluding hydrogens is 184 g/mol. The number of hydrogen-bond acceptors (Lipinski definition) is 2. The number of carbonyl (C=O) groups is 2. The molecule has 0 spiro atoms. The molecule has 0 heterocycles. The van der Waals surface area contributed by atoms with Gasteiger partial charge in [0.1, 0.15) is 0 Å². The fraction of sp³-hybridized carbons (Fsp3) is 0.200. The molecule has 0 fully saturated rings. The van der Waals surface area contributed by atoms with Gasteiger partial charge in [0.15, 0.2) is 0 Å². The molecule has 1 atom stereocenters. The van der Waals surface area contributed by atoms with E-state index in [9.17, 15) is 9.59 Å². The number of aromatic carboxylic acids is 1. The zero-order chi connectivity index (χ0) is 10.7. The second-order valence-corrected chi connectivity index (χ2v) is 2.95. The number of carboxylic acid groups (broad SMARTS) is 2. The van der Waals surface area contributed by atoms with E-state index in [1.807, 2.05) is 0 Å². The van der Waals surface area contributed by atoms with Crippen LogP contribution in [0.4, 0.5) is 0 Å². The first kappa shape index (κ1) is 10.2. The Morgan fingerprint density at radius 1 is 1.21 bits per heavy atom. The van der Waals surface area contributed by atoms with Crippen molar-refractivity contribution in [1.29, 1.82) is 0 Å². The molecule has 0 bridgehead atoms. The Labute approximate surface area is 80.8 Å². The molecule has 14 heavy (non-hydrogen) atoms. The Balaban J connectivity index is 3.19. The summed E-state index contributed by atoms with van der Waals surface area (Å²) in [6, 6.07) is 6.11. The van der Waals surface area contributed by atoms with Gasteiger partial charge in [-0.2, -0.15) is 0 Å². The topological polar surface area (TPSA) is 74.6 Å². The highest BCUT2D eigenvalue weighted by Crippen LogP contribution is 2.19. The van der Waals surface area contributed by atoms with Gasteiger partial charge in [-0.15, -0.1) is 0 Å². The lowest BCUT2D eigenvalue weighted by molar-refractivity contribution is -0.138. The first-order valence-corrected chi connectivity index (χ1v) is 4.09. The maximum Gasteiger partial charge on any atom is 0.335 e. The van der Waals surface area contributed by atoms with Crippen LogP contribution in [0.2, 0.25) is 0 Å². The number of carboxylic acids is 2. The van der Waals surface area contributed by atoms with Gasteiger partial charge in [-0.1, -0.05) is 18.2 Å². The number of hydrogen-bond donors (Lipinski definition) is 2. The molecule has 2 N–H and O–H groups in total. The van der Waals surface area contributed by atoms with Crippen LogP contribution in [0.1, 0.15) is 28.8 Å². The fourth-order valence-electron chi connectivity index (χ4n) is 1.20. The van der Waals surface area contributed by atoms with Crippen molar-refractivity contribution in [3.63, 3.8) is 0 Å². The van der Waals surface area contributed by atoms with Crippen molar-refractivity contribution in [3.05, 3.63) is 35.4 Å². The van der Waals surface area contributed by atoms with Crippen molar-refractivity contribution in [2.45, 2.75) is 12.8 Å². The Morgan fingerprint density at radius 2 is 1.79 bits per heavy atom. The third kappa shape index (κ3) is 1.90. The standard InChI is InChI=1S/C10H10O4/c1-6(9(11)12)7-4-2-3-5-8(7)10(13)14/h2-6H,1H3,(H,11,12)(H,13,14)/t6-/m1/s1. The molecule has 1 rings (SSSR count). The zero-order valence-electron chi connectivity index (χ0n) is 7.60. The number of aliphatic carboxylic acids is 1. The van der Waals surface area contributed by atoms with Crippen LogP contribution in [0.25, 0.3) is 0 Å². The Hall–Kier alpha value is -1.84. The average molecular weight is 194 g/mol. The Bertz CT molecular complexity index is 370. The van der Waals surface area contributed by atoms with Crippen LogP contribution < -0.4 is 0 Å². The largest absolute Gasteiger partial charge is 0.481 e. The maximum atomic E-state index is 10.8. The predicted molar refractivity (Wildman–Crippen MR) is 49.5 cm³/mol. The molecule has 0 aliphatic rings.